The summed E-state index contributed by atoms with van der Waals surface area (Å²) in [5.41, 5.74) is 3.01. The van der Waals surface area contributed by atoms with E-state index >= 15 is 0 Å². The Labute approximate surface area is 159 Å². The Morgan fingerprint density at radius 1 is 1.15 bits per heavy atom. The van der Waals surface area contributed by atoms with E-state index in [4.69, 9.17) is 0 Å². The third-order valence-corrected chi connectivity index (χ3v) is 5.40. The van der Waals surface area contributed by atoms with Crippen LogP contribution >= 0.6 is 11.8 Å². The molecule has 4 aromatic rings. The minimum atomic E-state index is -0.475. The number of amides is 1. The number of nitrogens with zero attached hydrogens (tertiary/aromatic N) is 3. The molecular weight excluding hydrogens is 363 g/mol. The van der Waals surface area contributed by atoms with Gasteiger partial charge in [-0.05, 0) is 43.7 Å². The van der Waals surface area contributed by atoms with E-state index < -0.39 is 11.1 Å². The highest BCUT2D eigenvalue weighted by molar-refractivity contribution is 8.00. The van der Waals surface area contributed by atoms with Crippen molar-refractivity contribution in [3.8, 4) is 0 Å². The van der Waals surface area contributed by atoms with Gasteiger partial charge in [-0.15, -0.1) is 10.2 Å². The third-order valence-electron chi connectivity index (χ3n) is 4.36. The van der Waals surface area contributed by atoms with Crippen molar-refractivity contribution < 1.29 is 9.18 Å². The second kappa shape index (κ2) is 7.00. The van der Waals surface area contributed by atoms with E-state index in [1.807, 2.05) is 41.7 Å². The summed E-state index contributed by atoms with van der Waals surface area (Å²) in [4.78, 5) is 12.5. The standard InChI is InChI=1S/C20H17FN4OS/c1-12-11-18-23-24-20(25(18)17-10-6-3-7-14(12)17)27-13(2)19(26)22-16-9-5-4-8-15(16)21/h3-11,13H,1-2H3,(H,22,26)/t13-/m0/s1. The second-order valence-corrected chi connectivity index (χ2v) is 7.56. The number of carbonyl (C=O) groups excluding carboxylic acids is 1. The maximum atomic E-state index is 13.8. The number of nitrogens with one attached hydrogen (secondary N) is 1. The zero-order valence-corrected chi connectivity index (χ0v) is 15.6. The third kappa shape index (κ3) is 3.26. The van der Waals surface area contributed by atoms with E-state index in [9.17, 15) is 9.18 Å². The van der Waals surface area contributed by atoms with Crippen LogP contribution < -0.4 is 5.32 Å². The number of rotatable bonds is 4. The molecular formula is C20H17FN4OS. The maximum absolute atomic E-state index is 13.8. The molecule has 136 valence electrons. The number of aryl methyl sites for hydroxylation is 1. The smallest absolute Gasteiger partial charge is 0.237 e. The lowest BCUT2D eigenvalue weighted by Gasteiger charge is -2.12. The molecule has 0 aliphatic heterocycles. The molecule has 5 nitrogen and oxygen atoms in total. The first-order chi connectivity index (χ1) is 13.0. The molecule has 27 heavy (non-hydrogen) atoms. The molecule has 4 rings (SSSR count). The molecule has 0 radical (unpaired) electrons. The molecule has 2 aromatic carbocycles. The first-order valence-corrected chi connectivity index (χ1v) is 9.38. The number of benzene rings is 2. The van der Waals surface area contributed by atoms with Gasteiger partial charge < -0.3 is 5.32 Å². The zero-order valence-electron chi connectivity index (χ0n) is 14.8. The normalized spacial score (nSPS) is 12.4. The molecule has 2 aromatic heterocycles. The Hall–Kier alpha value is -2.93. The summed E-state index contributed by atoms with van der Waals surface area (Å²) in [6.07, 6.45) is 0. The molecule has 0 unspecified atom stereocenters. The number of hydrogen-bond acceptors (Lipinski definition) is 4. The molecule has 0 bridgehead atoms. The maximum Gasteiger partial charge on any atom is 0.237 e. The van der Waals surface area contributed by atoms with Crippen molar-refractivity contribution in [2.75, 3.05) is 5.32 Å². The topological polar surface area (TPSA) is 59.3 Å². The molecule has 2 heterocycles. The lowest BCUT2D eigenvalue weighted by molar-refractivity contribution is -0.115. The number of para-hydroxylation sites is 2. The highest BCUT2D eigenvalue weighted by atomic mass is 32.2. The van der Waals surface area contributed by atoms with Crippen LogP contribution in [0.2, 0.25) is 0 Å². The summed E-state index contributed by atoms with van der Waals surface area (Å²) in [6, 6.07) is 16.1. The van der Waals surface area contributed by atoms with Crippen molar-refractivity contribution in [3.63, 3.8) is 0 Å². The van der Waals surface area contributed by atoms with Gasteiger partial charge in [-0.2, -0.15) is 0 Å². The fourth-order valence-corrected chi connectivity index (χ4v) is 3.83. The van der Waals surface area contributed by atoms with Gasteiger partial charge in [0.1, 0.15) is 5.82 Å². The molecule has 0 aliphatic carbocycles. The van der Waals surface area contributed by atoms with Gasteiger partial charge in [0.05, 0.1) is 16.5 Å². The van der Waals surface area contributed by atoms with Crippen LogP contribution in [0.4, 0.5) is 10.1 Å². The van der Waals surface area contributed by atoms with Crippen LogP contribution in [0.1, 0.15) is 12.5 Å². The molecule has 1 N–H and O–H groups in total. The SMILES string of the molecule is Cc1cc2nnc(S[C@@H](C)C(=O)Nc3ccccc3F)n2c2ccccc12. The van der Waals surface area contributed by atoms with Crippen LogP contribution in [0.5, 0.6) is 0 Å². The lowest BCUT2D eigenvalue weighted by atomic mass is 10.1. The summed E-state index contributed by atoms with van der Waals surface area (Å²) in [5.74, 6) is -0.754. The minimum absolute atomic E-state index is 0.169. The van der Waals surface area contributed by atoms with Crippen LogP contribution in [0.15, 0.2) is 59.8 Å². The average molecular weight is 380 g/mol. The van der Waals surface area contributed by atoms with Crippen molar-refractivity contribution in [3.05, 3.63) is 66.0 Å². The van der Waals surface area contributed by atoms with E-state index in [2.05, 4.69) is 15.5 Å². The molecule has 1 atom stereocenters. The highest BCUT2D eigenvalue weighted by Crippen LogP contribution is 2.28. The van der Waals surface area contributed by atoms with Gasteiger partial charge in [0, 0.05) is 5.39 Å². The summed E-state index contributed by atoms with van der Waals surface area (Å²) in [5, 5.41) is 12.4. The van der Waals surface area contributed by atoms with Gasteiger partial charge in [0.25, 0.3) is 0 Å². The molecule has 7 heteroatoms. The molecule has 0 fully saturated rings. The number of fused-ring (bicyclic) bond motifs is 3. The van der Waals surface area contributed by atoms with Crippen molar-refractivity contribution in [2.24, 2.45) is 0 Å². The van der Waals surface area contributed by atoms with Crippen LogP contribution in [0.3, 0.4) is 0 Å². The van der Waals surface area contributed by atoms with Crippen molar-refractivity contribution in [1.82, 2.24) is 14.6 Å². The average Bonchev–Trinajstić information content (AvgIpc) is 3.06. The lowest BCUT2D eigenvalue weighted by Crippen LogP contribution is -2.23. The number of anilines is 1. The highest BCUT2D eigenvalue weighted by Gasteiger charge is 2.20. The quantitative estimate of drug-likeness (QED) is 0.532. The minimum Gasteiger partial charge on any atom is -0.323 e. The van der Waals surface area contributed by atoms with Gasteiger partial charge in [0.2, 0.25) is 5.91 Å². The second-order valence-electron chi connectivity index (χ2n) is 6.25. The number of pyridine rings is 1. The van der Waals surface area contributed by atoms with Crippen LogP contribution in [0.25, 0.3) is 16.6 Å². The Kier molecular flexibility index (Phi) is 4.53. The van der Waals surface area contributed by atoms with Crippen LogP contribution in [-0.2, 0) is 4.79 Å². The Morgan fingerprint density at radius 2 is 1.89 bits per heavy atom. The Balaban J connectivity index is 1.64. The summed E-state index contributed by atoms with van der Waals surface area (Å²) in [6.45, 7) is 3.80. The fraction of sp³-hybridized carbons (Fsp3) is 0.150. The van der Waals surface area contributed by atoms with E-state index in [0.717, 1.165) is 22.1 Å². The first kappa shape index (κ1) is 17.5. The Bertz CT molecular complexity index is 1160. The van der Waals surface area contributed by atoms with Gasteiger partial charge in [0.15, 0.2) is 10.8 Å². The van der Waals surface area contributed by atoms with Gasteiger partial charge in [-0.25, -0.2) is 4.39 Å². The summed E-state index contributed by atoms with van der Waals surface area (Å²) >= 11 is 1.29. The fourth-order valence-electron chi connectivity index (χ4n) is 2.96. The largest absolute Gasteiger partial charge is 0.323 e. The van der Waals surface area contributed by atoms with Gasteiger partial charge >= 0.3 is 0 Å². The molecule has 0 saturated heterocycles. The predicted octanol–water partition coefficient (Wildman–Crippen LogP) is 4.45. The Morgan fingerprint density at radius 3 is 2.70 bits per heavy atom. The van der Waals surface area contributed by atoms with Crippen molar-refractivity contribution >= 4 is 39.9 Å². The van der Waals surface area contributed by atoms with Gasteiger partial charge in [-0.1, -0.05) is 42.1 Å². The molecule has 0 aliphatic rings. The number of halogens is 1. The van der Waals surface area contributed by atoms with Crippen molar-refractivity contribution in [2.45, 2.75) is 24.3 Å². The number of carbonyl (C=O) groups is 1. The first-order valence-electron chi connectivity index (χ1n) is 8.50. The van der Waals surface area contributed by atoms with Gasteiger partial charge in [-0.3, -0.25) is 9.20 Å². The van der Waals surface area contributed by atoms with Crippen LogP contribution in [0, 0.1) is 12.7 Å². The van der Waals surface area contributed by atoms with Crippen LogP contribution in [-0.4, -0.2) is 25.8 Å². The van der Waals surface area contributed by atoms with E-state index in [1.165, 1.54) is 23.9 Å². The monoisotopic (exact) mass is 380 g/mol. The molecule has 0 spiro atoms. The molecule has 1 amide bonds. The number of hydrogen-bond donors (Lipinski definition) is 1. The predicted molar refractivity (Wildman–Crippen MR) is 106 cm³/mol. The van der Waals surface area contributed by atoms with Crippen molar-refractivity contribution in [1.29, 1.82) is 0 Å². The van der Waals surface area contributed by atoms with E-state index in [0.29, 0.717) is 5.16 Å². The molecule has 0 saturated carbocycles. The van der Waals surface area contributed by atoms with E-state index in [-0.39, 0.29) is 11.6 Å². The number of aromatic nitrogens is 3. The zero-order chi connectivity index (χ0) is 19.0. The van der Waals surface area contributed by atoms with E-state index in [1.54, 1.807) is 19.1 Å². The number of thioether (sulfide) groups is 1. The summed E-state index contributed by atoms with van der Waals surface area (Å²) < 4.78 is 15.7. The summed E-state index contributed by atoms with van der Waals surface area (Å²) in [7, 11) is 0.